The lowest BCUT2D eigenvalue weighted by molar-refractivity contribution is 0.497. The van der Waals surface area contributed by atoms with E-state index in [4.69, 9.17) is 11.6 Å². The van der Waals surface area contributed by atoms with Crippen LogP contribution >= 0.6 is 35.1 Å². The fraction of sp³-hybridized carbons (Fsp3) is 0.750. The first kappa shape index (κ1) is 14.6. The average molecular weight is 306 g/mol. The highest BCUT2D eigenvalue weighted by Gasteiger charge is 2.29. The van der Waals surface area contributed by atoms with Crippen LogP contribution in [0.4, 0.5) is 0 Å². The molecule has 1 aliphatic rings. The molecule has 1 N–H and O–H groups in total. The van der Waals surface area contributed by atoms with Crippen molar-refractivity contribution in [1.82, 2.24) is 15.1 Å². The van der Waals surface area contributed by atoms with E-state index in [0.717, 1.165) is 23.7 Å². The van der Waals surface area contributed by atoms with Gasteiger partial charge in [0.25, 0.3) is 0 Å². The Morgan fingerprint density at radius 1 is 1.61 bits per heavy atom. The molecular formula is C12H20ClN3S2. The highest BCUT2D eigenvalue weighted by atomic mass is 35.5. The van der Waals surface area contributed by atoms with E-state index in [9.17, 15) is 0 Å². The first-order valence-corrected chi connectivity index (χ1v) is 8.93. The van der Waals surface area contributed by atoms with Crippen LogP contribution in [-0.4, -0.2) is 39.3 Å². The first-order valence-electron chi connectivity index (χ1n) is 6.35. The number of halogens is 1. The van der Waals surface area contributed by atoms with Crippen molar-refractivity contribution in [3.8, 4) is 0 Å². The molecule has 18 heavy (non-hydrogen) atoms. The largest absolute Gasteiger partial charge is 0.311 e. The number of aryl methyl sites for hydroxylation is 1. The van der Waals surface area contributed by atoms with Gasteiger partial charge in [-0.05, 0) is 13.5 Å². The second-order valence-electron chi connectivity index (χ2n) is 4.35. The van der Waals surface area contributed by atoms with Crippen LogP contribution in [0.5, 0.6) is 0 Å². The maximum atomic E-state index is 6.33. The Balaban J connectivity index is 2.22. The topological polar surface area (TPSA) is 29.9 Å². The van der Waals surface area contributed by atoms with Crippen molar-refractivity contribution in [2.24, 2.45) is 0 Å². The van der Waals surface area contributed by atoms with Crippen LogP contribution in [0.1, 0.15) is 25.1 Å². The van der Waals surface area contributed by atoms with E-state index in [-0.39, 0.29) is 0 Å². The molecule has 1 aromatic rings. The summed E-state index contributed by atoms with van der Waals surface area (Å²) in [5.41, 5.74) is 1.15. The van der Waals surface area contributed by atoms with Gasteiger partial charge >= 0.3 is 0 Å². The average Bonchev–Trinajstić information content (AvgIpc) is 2.75. The quantitative estimate of drug-likeness (QED) is 0.905. The molecule has 0 amide bonds. The minimum Gasteiger partial charge on any atom is -0.311 e. The Hall–Kier alpha value is 0.160. The highest BCUT2D eigenvalue weighted by molar-refractivity contribution is 8.06. The molecule has 3 nitrogen and oxygen atoms in total. The smallest absolute Gasteiger partial charge is 0.0834 e. The summed E-state index contributed by atoms with van der Waals surface area (Å²) in [4.78, 5) is 0. The Morgan fingerprint density at radius 3 is 3.06 bits per heavy atom. The lowest BCUT2D eigenvalue weighted by atomic mass is 10.1. The Bertz CT molecular complexity index is 377. The second kappa shape index (κ2) is 7.08. The third kappa shape index (κ3) is 3.18. The van der Waals surface area contributed by atoms with Crippen molar-refractivity contribution in [3.63, 3.8) is 0 Å². The molecule has 0 aliphatic carbocycles. The normalized spacial score (nSPS) is 22.1. The van der Waals surface area contributed by atoms with E-state index in [1.165, 1.54) is 17.3 Å². The third-order valence-electron chi connectivity index (χ3n) is 3.09. The van der Waals surface area contributed by atoms with Gasteiger partial charge in [0.05, 0.1) is 23.0 Å². The van der Waals surface area contributed by atoms with E-state index >= 15 is 0 Å². The molecule has 0 bridgehead atoms. The van der Waals surface area contributed by atoms with Crippen molar-refractivity contribution in [3.05, 3.63) is 16.9 Å². The summed E-state index contributed by atoms with van der Waals surface area (Å²) in [5, 5.41) is 9.20. The number of nitrogens with one attached hydrogen (secondary N) is 1. The molecule has 102 valence electrons. The molecule has 0 spiro atoms. The summed E-state index contributed by atoms with van der Waals surface area (Å²) in [6, 6.07) is 0.296. The standard InChI is InChI=1S/C12H20ClN3S2/c1-3-4-16-12(9(13)7-15-16)11(14-2)10-8-17-5-6-18-10/h7,10-11,14H,3-6,8H2,1-2H3. The lowest BCUT2D eigenvalue weighted by Crippen LogP contribution is -2.33. The maximum absolute atomic E-state index is 6.33. The van der Waals surface area contributed by atoms with Crippen LogP contribution in [0.3, 0.4) is 0 Å². The monoisotopic (exact) mass is 305 g/mol. The second-order valence-corrected chi connectivity index (χ2v) is 7.26. The zero-order valence-electron chi connectivity index (χ0n) is 10.9. The van der Waals surface area contributed by atoms with Gasteiger partial charge in [0.15, 0.2) is 0 Å². The molecule has 1 fully saturated rings. The zero-order chi connectivity index (χ0) is 13.0. The van der Waals surface area contributed by atoms with Crippen LogP contribution < -0.4 is 5.32 Å². The first-order chi connectivity index (χ1) is 8.77. The lowest BCUT2D eigenvalue weighted by Gasteiger charge is -2.30. The fourth-order valence-corrected chi connectivity index (χ4v) is 5.41. The highest BCUT2D eigenvalue weighted by Crippen LogP contribution is 2.35. The van der Waals surface area contributed by atoms with Crippen LogP contribution in [0.2, 0.25) is 5.02 Å². The van der Waals surface area contributed by atoms with E-state index in [0.29, 0.717) is 11.3 Å². The molecule has 2 atom stereocenters. The van der Waals surface area contributed by atoms with Gasteiger partial charge in [0.2, 0.25) is 0 Å². The summed E-state index contributed by atoms with van der Waals surface area (Å²) in [6.07, 6.45) is 2.85. The molecule has 0 aromatic carbocycles. The summed E-state index contributed by atoms with van der Waals surface area (Å²) >= 11 is 10.4. The number of aromatic nitrogens is 2. The molecular weight excluding hydrogens is 286 g/mol. The van der Waals surface area contributed by atoms with Gasteiger partial charge in [-0.2, -0.15) is 28.6 Å². The van der Waals surface area contributed by atoms with Crippen molar-refractivity contribution in [2.75, 3.05) is 24.3 Å². The molecule has 2 unspecified atom stereocenters. The van der Waals surface area contributed by atoms with Gasteiger partial charge in [0, 0.05) is 29.1 Å². The van der Waals surface area contributed by atoms with Crippen molar-refractivity contribution in [2.45, 2.75) is 31.2 Å². The van der Waals surface area contributed by atoms with E-state index < -0.39 is 0 Å². The zero-order valence-corrected chi connectivity index (χ0v) is 13.2. The van der Waals surface area contributed by atoms with Crippen LogP contribution in [-0.2, 0) is 6.54 Å². The summed E-state index contributed by atoms with van der Waals surface area (Å²) in [5.74, 6) is 3.68. The number of thioether (sulfide) groups is 2. The summed E-state index contributed by atoms with van der Waals surface area (Å²) in [7, 11) is 2.02. The third-order valence-corrected chi connectivity index (χ3v) is 6.24. The van der Waals surface area contributed by atoms with E-state index in [1.54, 1.807) is 6.20 Å². The van der Waals surface area contributed by atoms with Crippen LogP contribution in [0.15, 0.2) is 6.20 Å². The molecule has 2 rings (SSSR count). The molecule has 0 saturated carbocycles. The Labute approximate surface area is 122 Å². The van der Waals surface area contributed by atoms with Gasteiger partial charge < -0.3 is 5.32 Å². The van der Waals surface area contributed by atoms with E-state index in [2.05, 4.69) is 22.0 Å². The van der Waals surface area contributed by atoms with Crippen molar-refractivity contribution in [1.29, 1.82) is 0 Å². The number of nitrogens with zero attached hydrogens (tertiary/aromatic N) is 2. The minimum absolute atomic E-state index is 0.296. The van der Waals surface area contributed by atoms with E-state index in [1.807, 2.05) is 30.6 Å². The minimum atomic E-state index is 0.296. The van der Waals surface area contributed by atoms with Gasteiger partial charge in [0.1, 0.15) is 0 Å². The van der Waals surface area contributed by atoms with Gasteiger partial charge in [-0.25, -0.2) is 0 Å². The van der Waals surface area contributed by atoms with Crippen LogP contribution in [0, 0.1) is 0 Å². The van der Waals surface area contributed by atoms with Crippen LogP contribution in [0.25, 0.3) is 0 Å². The Morgan fingerprint density at radius 2 is 2.44 bits per heavy atom. The molecule has 2 heterocycles. The predicted molar refractivity (Wildman–Crippen MR) is 82.9 cm³/mol. The molecule has 0 radical (unpaired) electrons. The summed E-state index contributed by atoms with van der Waals surface area (Å²) < 4.78 is 2.06. The summed E-state index contributed by atoms with van der Waals surface area (Å²) in [6.45, 7) is 3.10. The fourth-order valence-electron chi connectivity index (χ4n) is 2.27. The predicted octanol–water partition coefficient (Wildman–Crippen LogP) is 3.06. The molecule has 6 heteroatoms. The number of rotatable bonds is 5. The van der Waals surface area contributed by atoms with Crippen molar-refractivity contribution < 1.29 is 0 Å². The number of hydrogen-bond acceptors (Lipinski definition) is 4. The SMILES string of the molecule is CCCn1ncc(Cl)c1C(NC)C1CSCCS1. The molecule has 1 aliphatic heterocycles. The maximum Gasteiger partial charge on any atom is 0.0834 e. The Kier molecular flexibility index (Phi) is 5.73. The van der Waals surface area contributed by atoms with Gasteiger partial charge in [-0.1, -0.05) is 18.5 Å². The number of hydrogen-bond donors (Lipinski definition) is 1. The van der Waals surface area contributed by atoms with Gasteiger partial charge in [-0.3, -0.25) is 4.68 Å². The molecule has 1 saturated heterocycles. The van der Waals surface area contributed by atoms with Crippen molar-refractivity contribution >= 4 is 35.1 Å². The van der Waals surface area contributed by atoms with Gasteiger partial charge in [-0.15, -0.1) is 0 Å². The molecule has 1 aromatic heterocycles.